The highest BCUT2D eigenvalue weighted by Crippen LogP contribution is 2.25. The Hall–Kier alpha value is -1.15. The molecule has 0 spiro atoms. The van der Waals surface area contributed by atoms with Gasteiger partial charge in [-0.1, -0.05) is 0 Å². The minimum Gasteiger partial charge on any atom is -0.349 e. The SMILES string of the molecule is FC(F)(F)COC1CCC(Cc2cn[nH]n2)O1. The van der Waals surface area contributed by atoms with Crippen LogP contribution in [0.4, 0.5) is 13.2 Å². The quantitative estimate of drug-likeness (QED) is 0.879. The first kappa shape index (κ1) is 12.3. The topological polar surface area (TPSA) is 60.0 Å². The Morgan fingerprint density at radius 1 is 1.47 bits per heavy atom. The molecule has 1 saturated heterocycles. The van der Waals surface area contributed by atoms with Crippen molar-refractivity contribution in [2.45, 2.75) is 37.8 Å². The molecule has 5 nitrogen and oxygen atoms in total. The van der Waals surface area contributed by atoms with Crippen molar-refractivity contribution in [1.82, 2.24) is 15.4 Å². The molecule has 1 aromatic heterocycles. The van der Waals surface area contributed by atoms with Crippen molar-refractivity contribution in [2.24, 2.45) is 0 Å². The van der Waals surface area contributed by atoms with Gasteiger partial charge in [0.15, 0.2) is 6.29 Å². The zero-order valence-corrected chi connectivity index (χ0v) is 8.91. The number of rotatable bonds is 4. The van der Waals surface area contributed by atoms with Gasteiger partial charge in [-0.25, -0.2) is 0 Å². The number of hydrogen-bond acceptors (Lipinski definition) is 4. The molecule has 1 aliphatic heterocycles. The summed E-state index contributed by atoms with van der Waals surface area (Å²) in [4.78, 5) is 0. The number of H-pyrrole nitrogens is 1. The largest absolute Gasteiger partial charge is 0.411 e. The van der Waals surface area contributed by atoms with E-state index in [1.807, 2.05) is 0 Å². The molecule has 2 rings (SSSR count). The summed E-state index contributed by atoms with van der Waals surface area (Å²) in [6.45, 7) is -1.27. The first-order valence-electron chi connectivity index (χ1n) is 5.21. The summed E-state index contributed by atoms with van der Waals surface area (Å²) in [5.41, 5.74) is 0.728. The third-order valence-corrected chi connectivity index (χ3v) is 2.40. The van der Waals surface area contributed by atoms with Crippen LogP contribution < -0.4 is 0 Å². The number of halogens is 3. The molecule has 0 saturated carbocycles. The standard InChI is InChI=1S/C9H12F3N3O2/c10-9(11,12)5-16-8-2-1-7(17-8)3-6-4-13-15-14-6/h4,7-8H,1-3,5H2,(H,13,14,15). The van der Waals surface area contributed by atoms with Crippen LogP contribution in [0.5, 0.6) is 0 Å². The van der Waals surface area contributed by atoms with Gasteiger partial charge in [-0.3, -0.25) is 0 Å². The van der Waals surface area contributed by atoms with E-state index in [-0.39, 0.29) is 6.10 Å². The van der Waals surface area contributed by atoms with Crippen molar-refractivity contribution in [1.29, 1.82) is 0 Å². The zero-order valence-electron chi connectivity index (χ0n) is 8.91. The molecule has 0 aromatic carbocycles. The second kappa shape index (κ2) is 5.01. The molecule has 2 unspecified atom stereocenters. The van der Waals surface area contributed by atoms with Crippen molar-refractivity contribution >= 4 is 0 Å². The van der Waals surface area contributed by atoms with E-state index in [0.717, 1.165) is 5.69 Å². The first-order valence-corrected chi connectivity index (χ1v) is 5.21. The highest BCUT2D eigenvalue weighted by atomic mass is 19.4. The molecule has 8 heteroatoms. The molecule has 0 bridgehead atoms. The molecule has 1 aliphatic rings. The second-order valence-electron chi connectivity index (χ2n) is 3.86. The van der Waals surface area contributed by atoms with Gasteiger partial charge < -0.3 is 9.47 Å². The number of alkyl halides is 3. The fourth-order valence-electron chi connectivity index (χ4n) is 1.69. The number of nitrogens with one attached hydrogen (secondary N) is 1. The maximum atomic E-state index is 11.9. The van der Waals surface area contributed by atoms with Gasteiger partial charge in [0.25, 0.3) is 0 Å². The van der Waals surface area contributed by atoms with Gasteiger partial charge in [-0.15, -0.1) is 0 Å². The predicted molar refractivity (Wildman–Crippen MR) is 50.0 cm³/mol. The molecular formula is C9H12F3N3O2. The van der Waals surface area contributed by atoms with E-state index in [4.69, 9.17) is 4.74 Å². The van der Waals surface area contributed by atoms with Gasteiger partial charge in [0.2, 0.25) is 0 Å². The number of aromatic amines is 1. The molecular weight excluding hydrogens is 239 g/mol. The average molecular weight is 251 g/mol. The zero-order chi connectivity index (χ0) is 12.3. The van der Waals surface area contributed by atoms with Crippen molar-refractivity contribution in [3.05, 3.63) is 11.9 Å². The number of hydrogen-bond donors (Lipinski definition) is 1. The lowest BCUT2D eigenvalue weighted by molar-refractivity contribution is -0.224. The Kier molecular flexibility index (Phi) is 3.63. The molecule has 0 aliphatic carbocycles. The summed E-state index contributed by atoms with van der Waals surface area (Å²) in [6, 6.07) is 0. The third-order valence-electron chi connectivity index (χ3n) is 2.40. The third kappa shape index (κ3) is 3.97. The highest BCUT2D eigenvalue weighted by molar-refractivity contribution is 4.94. The summed E-state index contributed by atoms with van der Waals surface area (Å²) in [5.74, 6) is 0. The minimum atomic E-state index is -4.31. The van der Waals surface area contributed by atoms with E-state index in [0.29, 0.717) is 19.3 Å². The Labute approximate surface area is 95.3 Å². The van der Waals surface area contributed by atoms with E-state index in [1.165, 1.54) is 0 Å². The van der Waals surface area contributed by atoms with Gasteiger partial charge in [0.05, 0.1) is 18.0 Å². The second-order valence-corrected chi connectivity index (χ2v) is 3.86. The molecule has 1 N–H and O–H groups in total. The van der Waals surface area contributed by atoms with E-state index < -0.39 is 19.1 Å². The maximum absolute atomic E-state index is 11.9. The summed E-state index contributed by atoms with van der Waals surface area (Å²) in [5, 5.41) is 9.96. The molecule has 0 amide bonds. The van der Waals surface area contributed by atoms with Gasteiger partial charge in [0, 0.05) is 12.8 Å². The molecule has 0 radical (unpaired) electrons. The lowest BCUT2D eigenvalue weighted by Gasteiger charge is -2.14. The van der Waals surface area contributed by atoms with E-state index >= 15 is 0 Å². The lowest BCUT2D eigenvalue weighted by Crippen LogP contribution is -2.24. The molecule has 17 heavy (non-hydrogen) atoms. The van der Waals surface area contributed by atoms with Crippen LogP contribution in [-0.2, 0) is 15.9 Å². The Morgan fingerprint density at radius 3 is 2.94 bits per heavy atom. The Bertz CT molecular complexity index is 342. The smallest absolute Gasteiger partial charge is 0.349 e. The van der Waals surface area contributed by atoms with Crippen molar-refractivity contribution in [2.75, 3.05) is 6.61 Å². The van der Waals surface area contributed by atoms with Crippen LogP contribution in [0.1, 0.15) is 18.5 Å². The molecule has 2 atom stereocenters. The van der Waals surface area contributed by atoms with Gasteiger partial charge in [-0.2, -0.15) is 28.6 Å². The maximum Gasteiger partial charge on any atom is 0.411 e. The number of nitrogens with zero attached hydrogens (tertiary/aromatic N) is 2. The van der Waals surface area contributed by atoms with E-state index in [2.05, 4.69) is 20.1 Å². The number of ether oxygens (including phenoxy) is 2. The first-order chi connectivity index (χ1) is 8.03. The summed E-state index contributed by atoms with van der Waals surface area (Å²) >= 11 is 0. The van der Waals surface area contributed by atoms with Crippen molar-refractivity contribution in [3.63, 3.8) is 0 Å². The molecule has 2 heterocycles. The highest BCUT2D eigenvalue weighted by Gasteiger charge is 2.33. The van der Waals surface area contributed by atoms with Crippen LogP contribution in [0.3, 0.4) is 0 Å². The summed E-state index contributed by atoms with van der Waals surface area (Å²) in [7, 11) is 0. The fraction of sp³-hybridized carbons (Fsp3) is 0.778. The van der Waals surface area contributed by atoms with Crippen molar-refractivity contribution in [3.8, 4) is 0 Å². The van der Waals surface area contributed by atoms with Gasteiger partial charge >= 0.3 is 6.18 Å². The fourth-order valence-corrected chi connectivity index (χ4v) is 1.69. The predicted octanol–water partition coefficient (Wildman–Crippen LogP) is 1.43. The normalized spacial score (nSPS) is 25.4. The molecule has 1 fully saturated rings. The van der Waals surface area contributed by atoms with Crippen LogP contribution in [0, 0.1) is 0 Å². The minimum absolute atomic E-state index is 0.154. The van der Waals surface area contributed by atoms with Crippen LogP contribution in [0.2, 0.25) is 0 Å². The van der Waals surface area contributed by atoms with Gasteiger partial charge in [0.1, 0.15) is 6.61 Å². The van der Waals surface area contributed by atoms with E-state index in [9.17, 15) is 13.2 Å². The van der Waals surface area contributed by atoms with Crippen LogP contribution in [0.15, 0.2) is 6.20 Å². The average Bonchev–Trinajstić information content (AvgIpc) is 2.86. The lowest BCUT2D eigenvalue weighted by atomic mass is 10.1. The monoisotopic (exact) mass is 251 g/mol. The molecule has 96 valence electrons. The summed E-state index contributed by atoms with van der Waals surface area (Å²) < 4.78 is 45.7. The number of aromatic nitrogens is 3. The Balaban J connectivity index is 1.72. The van der Waals surface area contributed by atoms with Crippen LogP contribution in [0.25, 0.3) is 0 Å². The van der Waals surface area contributed by atoms with Crippen LogP contribution in [-0.4, -0.2) is 40.6 Å². The Morgan fingerprint density at radius 2 is 2.29 bits per heavy atom. The summed E-state index contributed by atoms with van der Waals surface area (Å²) in [6.07, 6.45) is -2.01. The van der Waals surface area contributed by atoms with E-state index in [1.54, 1.807) is 6.20 Å². The van der Waals surface area contributed by atoms with Crippen LogP contribution >= 0.6 is 0 Å². The van der Waals surface area contributed by atoms with Crippen molar-refractivity contribution < 1.29 is 22.6 Å². The van der Waals surface area contributed by atoms with Gasteiger partial charge in [-0.05, 0) is 6.42 Å². The molecule has 1 aromatic rings.